The van der Waals surface area contributed by atoms with E-state index in [1.807, 2.05) is 0 Å². The van der Waals surface area contributed by atoms with Gasteiger partial charge in [0.25, 0.3) is 0 Å². The SMILES string of the molecule is CCCC/C=C/CCCCOCC(O)CO. The number of hydrogen-bond acceptors (Lipinski definition) is 3. The van der Waals surface area contributed by atoms with Gasteiger partial charge in [0.15, 0.2) is 0 Å². The Kier molecular flexibility index (Phi) is 12.4. The molecule has 1 unspecified atom stereocenters. The molecule has 0 aliphatic rings. The lowest BCUT2D eigenvalue weighted by Gasteiger charge is -2.07. The number of allylic oxidation sites excluding steroid dienone is 2. The number of hydrogen-bond donors (Lipinski definition) is 2. The van der Waals surface area contributed by atoms with E-state index in [0.29, 0.717) is 6.61 Å². The van der Waals surface area contributed by atoms with Crippen LogP contribution in [0.2, 0.25) is 0 Å². The van der Waals surface area contributed by atoms with Gasteiger partial charge in [-0.2, -0.15) is 0 Å². The summed E-state index contributed by atoms with van der Waals surface area (Å²) in [7, 11) is 0. The molecule has 0 rings (SSSR count). The topological polar surface area (TPSA) is 49.7 Å². The molecule has 3 heteroatoms. The average Bonchev–Trinajstić information content (AvgIpc) is 2.31. The predicted molar refractivity (Wildman–Crippen MR) is 66.4 cm³/mol. The maximum atomic E-state index is 8.99. The van der Waals surface area contributed by atoms with Gasteiger partial charge in [0.1, 0.15) is 6.10 Å². The van der Waals surface area contributed by atoms with Gasteiger partial charge in [0.05, 0.1) is 13.2 Å². The smallest absolute Gasteiger partial charge is 0.100 e. The molecule has 0 aliphatic carbocycles. The lowest BCUT2D eigenvalue weighted by atomic mass is 10.2. The first kappa shape index (κ1) is 15.6. The molecular formula is C13H26O3. The fourth-order valence-electron chi connectivity index (χ4n) is 1.30. The molecule has 0 radical (unpaired) electrons. The maximum absolute atomic E-state index is 8.99. The van der Waals surface area contributed by atoms with Crippen molar-refractivity contribution >= 4 is 0 Å². The van der Waals surface area contributed by atoms with E-state index in [1.54, 1.807) is 0 Å². The van der Waals surface area contributed by atoms with Crippen molar-refractivity contribution in [3.05, 3.63) is 12.2 Å². The molecule has 1 atom stereocenters. The Bertz CT molecular complexity index is 157. The standard InChI is InChI=1S/C13H26O3/c1-2-3-4-5-6-7-8-9-10-16-12-13(15)11-14/h5-6,13-15H,2-4,7-12H2,1H3/b6-5+. The van der Waals surface area contributed by atoms with E-state index >= 15 is 0 Å². The van der Waals surface area contributed by atoms with Gasteiger partial charge in [-0.25, -0.2) is 0 Å². The van der Waals surface area contributed by atoms with Crippen molar-refractivity contribution < 1.29 is 14.9 Å². The van der Waals surface area contributed by atoms with Crippen molar-refractivity contribution in [1.29, 1.82) is 0 Å². The van der Waals surface area contributed by atoms with Gasteiger partial charge in [-0.15, -0.1) is 0 Å². The molecule has 0 heterocycles. The number of unbranched alkanes of at least 4 members (excludes halogenated alkanes) is 4. The molecule has 0 aromatic carbocycles. The van der Waals surface area contributed by atoms with Crippen molar-refractivity contribution in [2.24, 2.45) is 0 Å². The Morgan fingerprint density at radius 2 is 1.81 bits per heavy atom. The summed E-state index contributed by atoms with van der Waals surface area (Å²) in [4.78, 5) is 0. The quantitative estimate of drug-likeness (QED) is 0.423. The molecule has 2 N–H and O–H groups in total. The third-order valence-electron chi connectivity index (χ3n) is 2.32. The van der Waals surface area contributed by atoms with Crippen LogP contribution in [0.25, 0.3) is 0 Å². The molecule has 0 aliphatic heterocycles. The van der Waals surface area contributed by atoms with E-state index in [9.17, 15) is 0 Å². The molecule has 0 bridgehead atoms. The second-order valence-corrected chi connectivity index (χ2v) is 4.02. The number of ether oxygens (including phenoxy) is 1. The lowest BCUT2D eigenvalue weighted by Crippen LogP contribution is -2.19. The summed E-state index contributed by atoms with van der Waals surface area (Å²) >= 11 is 0. The van der Waals surface area contributed by atoms with Gasteiger partial charge in [0, 0.05) is 6.61 Å². The Balaban J connectivity index is 3.06. The van der Waals surface area contributed by atoms with E-state index in [2.05, 4.69) is 19.1 Å². The average molecular weight is 230 g/mol. The van der Waals surface area contributed by atoms with Gasteiger partial charge in [-0.1, -0.05) is 31.9 Å². The summed E-state index contributed by atoms with van der Waals surface area (Å²) in [5.41, 5.74) is 0. The van der Waals surface area contributed by atoms with Gasteiger partial charge in [-0.05, 0) is 25.7 Å². The van der Waals surface area contributed by atoms with Crippen molar-refractivity contribution in [3.63, 3.8) is 0 Å². The third kappa shape index (κ3) is 11.7. The Labute approximate surface area is 99.1 Å². The van der Waals surface area contributed by atoms with Gasteiger partial charge in [0.2, 0.25) is 0 Å². The van der Waals surface area contributed by atoms with Crippen LogP contribution in [0.1, 0.15) is 45.4 Å². The molecule has 0 saturated carbocycles. The highest BCUT2D eigenvalue weighted by atomic mass is 16.5. The van der Waals surface area contributed by atoms with Crippen LogP contribution < -0.4 is 0 Å². The van der Waals surface area contributed by atoms with E-state index in [4.69, 9.17) is 14.9 Å². The van der Waals surface area contributed by atoms with Crippen molar-refractivity contribution in [2.45, 2.75) is 51.6 Å². The molecule has 16 heavy (non-hydrogen) atoms. The summed E-state index contributed by atoms with van der Waals surface area (Å²) in [5.74, 6) is 0. The van der Waals surface area contributed by atoms with Crippen LogP contribution in [0, 0.1) is 0 Å². The molecule has 0 aromatic heterocycles. The van der Waals surface area contributed by atoms with E-state index < -0.39 is 6.10 Å². The van der Waals surface area contributed by atoms with E-state index in [0.717, 1.165) is 19.3 Å². The molecule has 0 spiro atoms. The molecular weight excluding hydrogens is 204 g/mol. The first-order valence-electron chi connectivity index (χ1n) is 6.33. The summed E-state index contributed by atoms with van der Waals surface area (Å²) in [6.07, 6.45) is 10.7. The zero-order valence-corrected chi connectivity index (χ0v) is 10.4. The largest absolute Gasteiger partial charge is 0.394 e. The zero-order valence-electron chi connectivity index (χ0n) is 10.4. The third-order valence-corrected chi connectivity index (χ3v) is 2.32. The normalized spacial score (nSPS) is 13.4. The Morgan fingerprint density at radius 1 is 1.12 bits per heavy atom. The minimum Gasteiger partial charge on any atom is -0.394 e. The minimum absolute atomic E-state index is 0.222. The zero-order chi connectivity index (χ0) is 12.1. The van der Waals surface area contributed by atoms with Crippen molar-refractivity contribution in [1.82, 2.24) is 0 Å². The predicted octanol–water partition coefficient (Wildman–Crippen LogP) is 2.27. The highest BCUT2D eigenvalue weighted by Crippen LogP contribution is 2.00. The molecule has 96 valence electrons. The van der Waals surface area contributed by atoms with Crippen LogP contribution in [0.5, 0.6) is 0 Å². The van der Waals surface area contributed by atoms with Crippen LogP contribution in [-0.4, -0.2) is 36.1 Å². The second kappa shape index (κ2) is 12.7. The summed E-state index contributed by atoms with van der Waals surface area (Å²) in [6, 6.07) is 0. The molecule has 0 fully saturated rings. The van der Waals surface area contributed by atoms with Crippen LogP contribution in [0.4, 0.5) is 0 Å². The molecule has 3 nitrogen and oxygen atoms in total. The van der Waals surface area contributed by atoms with Crippen LogP contribution in [0.3, 0.4) is 0 Å². The molecule has 0 aromatic rings. The second-order valence-electron chi connectivity index (χ2n) is 4.02. The van der Waals surface area contributed by atoms with Crippen molar-refractivity contribution in [2.75, 3.05) is 19.8 Å². The van der Waals surface area contributed by atoms with Crippen molar-refractivity contribution in [3.8, 4) is 0 Å². The molecule has 0 amide bonds. The summed E-state index contributed by atoms with van der Waals surface area (Å²) in [5, 5.41) is 17.5. The first-order valence-corrected chi connectivity index (χ1v) is 6.33. The Morgan fingerprint density at radius 3 is 2.44 bits per heavy atom. The number of aliphatic hydroxyl groups is 2. The van der Waals surface area contributed by atoms with Gasteiger partial charge < -0.3 is 14.9 Å². The van der Waals surface area contributed by atoms with Crippen LogP contribution in [-0.2, 0) is 4.74 Å². The minimum atomic E-state index is -0.728. The van der Waals surface area contributed by atoms with E-state index in [1.165, 1.54) is 19.3 Å². The highest BCUT2D eigenvalue weighted by molar-refractivity contribution is 4.80. The van der Waals surface area contributed by atoms with Crippen LogP contribution in [0.15, 0.2) is 12.2 Å². The summed E-state index contributed by atoms with van der Waals surface area (Å²) < 4.78 is 5.20. The Hall–Kier alpha value is -0.380. The van der Waals surface area contributed by atoms with Gasteiger partial charge >= 0.3 is 0 Å². The maximum Gasteiger partial charge on any atom is 0.100 e. The fourth-order valence-corrected chi connectivity index (χ4v) is 1.30. The molecule has 0 saturated heterocycles. The fraction of sp³-hybridized carbons (Fsp3) is 0.846. The first-order chi connectivity index (χ1) is 7.81. The number of rotatable bonds is 11. The summed E-state index contributed by atoms with van der Waals surface area (Å²) in [6.45, 7) is 2.88. The van der Waals surface area contributed by atoms with E-state index in [-0.39, 0.29) is 13.2 Å². The lowest BCUT2D eigenvalue weighted by molar-refractivity contribution is 0.00541. The van der Waals surface area contributed by atoms with Crippen LogP contribution >= 0.6 is 0 Å². The monoisotopic (exact) mass is 230 g/mol. The number of aliphatic hydroxyl groups excluding tert-OH is 2. The highest BCUT2D eigenvalue weighted by Gasteiger charge is 2.00. The van der Waals surface area contributed by atoms with Gasteiger partial charge in [-0.3, -0.25) is 0 Å².